The van der Waals surface area contributed by atoms with E-state index in [1.807, 2.05) is 30.5 Å². The summed E-state index contributed by atoms with van der Waals surface area (Å²) in [6.07, 6.45) is 2.90. The van der Waals surface area contributed by atoms with Crippen LogP contribution < -0.4 is 5.32 Å². The van der Waals surface area contributed by atoms with Crippen LogP contribution in [0.2, 0.25) is 0 Å². The smallest absolute Gasteiger partial charge is 0.0890 e. The van der Waals surface area contributed by atoms with Crippen LogP contribution >= 0.6 is 0 Å². The molecule has 0 radical (unpaired) electrons. The molecule has 0 aliphatic rings. The molecule has 0 spiro atoms. The molecule has 0 bridgehead atoms. The monoisotopic (exact) mass is 263 g/mol. The number of hydrogen-bond acceptors (Lipinski definition) is 3. The fourth-order valence-electron chi connectivity index (χ4n) is 2.13. The van der Waals surface area contributed by atoms with Crippen molar-refractivity contribution < 1.29 is 0 Å². The Bertz CT molecular complexity index is 705. The van der Waals surface area contributed by atoms with Crippen LogP contribution in [-0.2, 0) is 13.0 Å². The summed E-state index contributed by atoms with van der Waals surface area (Å²) in [6, 6.07) is 16.4. The number of aryl methyl sites for hydroxylation is 1. The van der Waals surface area contributed by atoms with Crippen molar-refractivity contribution in [3.05, 3.63) is 66.0 Å². The third kappa shape index (κ3) is 2.77. The second kappa shape index (κ2) is 5.70. The molecule has 100 valence electrons. The highest BCUT2D eigenvalue weighted by Crippen LogP contribution is 2.12. The molecule has 20 heavy (non-hydrogen) atoms. The highest BCUT2D eigenvalue weighted by Gasteiger charge is 1.99. The zero-order chi connectivity index (χ0) is 13.8. The topological polar surface area (TPSA) is 37.8 Å². The minimum absolute atomic E-state index is 0.684. The second-order valence-corrected chi connectivity index (χ2v) is 4.75. The first-order chi connectivity index (χ1) is 9.85. The highest BCUT2D eigenvalue weighted by atomic mass is 14.9. The number of nitrogens with zero attached hydrogens (tertiary/aromatic N) is 2. The Labute approximate surface area is 118 Å². The lowest BCUT2D eigenvalue weighted by Crippen LogP contribution is -2.02. The average Bonchev–Trinajstić information content (AvgIpc) is 2.53. The lowest BCUT2D eigenvalue weighted by atomic mass is 10.1. The molecule has 0 aliphatic heterocycles. The lowest BCUT2D eigenvalue weighted by Gasteiger charge is -2.07. The van der Waals surface area contributed by atoms with E-state index in [9.17, 15) is 0 Å². The van der Waals surface area contributed by atoms with Crippen LogP contribution in [0.3, 0.4) is 0 Å². The zero-order valence-electron chi connectivity index (χ0n) is 11.5. The number of nitrogens with one attached hydrogen (secondary N) is 1. The van der Waals surface area contributed by atoms with Crippen molar-refractivity contribution in [3.8, 4) is 0 Å². The molecule has 1 N–H and O–H groups in total. The van der Waals surface area contributed by atoms with Gasteiger partial charge in [0.05, 0.1) is 29.5 Å². The molecule has 3 heteroatoms. The number of rotatable bonds is 4. The predicted molar refractivity (Wildman–Crippen MR) is 82.7 cm³/mol. The molecular formula is C17H17N3. The summed E-state index contributed by atoms with van der Waals surface area (Å²) in [5, 5.41) is 3.37. The Morgan fingerprint density at radius 3 is 2.45 bits per heavy atom. The highest BCUT2D eigenvalue weighted by molar-refractivity contribution is 5.73. The fraction of sp³-hybridized carbons (Fsp3) is 0.176. The van der Waals surface area contributed by atoms with Gasteiger partial charge in [-0.1, -0.05) is 31.2 Å². The van der Waals surface area contributed by atoms with E-state index < -0.39 is 0 Å². The van der Waals surface area contributed by atoms with Gasteiger partial charge in [0.2, 0.25) is 0 Å². The minimum Gasteiger partial charge on any atom is -0.379 e. The summed E-state index contributed by atoms with van der Waals surface area (Å²) in [5.41, 5.74) is 5.28. The van der Waals surface area contributed by atoms with E-state index >= 15 is 0 Å². The molecular weight excluding hydrogens is 246 g/mol. The molecule has 0 saturated carbocycles. The van der Waals surface area contributed by atoms with Crippen LogP contribution in [0, 0.1) is 0 Å². The summed E-state index contributed by atoms with van der Waals surface area (Å²) >= 11 is 0. The predicted octanol–water partition coefficient (Wildman–Crippen LogP) is 3.80. The molecule has 3 nitrogen and oxygen atoms in total. The minimum atomic E-state index is 0.684. The van der Waals surface area contributed by atoms with Crippen molar-refractivity contribution in [2.45, 2.75) is 19.9 Å². The first kappa shape index (κ1) is 12.6. The number of benzene rings is 2. The van der Waals surface area contributed by atoms with E-state index in [0.29, 0.717) is 6.54 Å². The van der Waals surface area contributed by atoms with Gasteiger partial charge in [-0.2, -0.15) is 0 Å². The zero-order valence-corrected chi connectivity index (χ0v) is 11.5. The molecule has 0 aliphatic carbocycles. The SMILES string of the molecule is CCc1ccc(NCc2cnc3ccccc3n2)cc1. The number of para-hydroxylation sites is 2. The molecule has 1 aromatic heterocycles. The number of anilines is 1. The largest absolute Gasteiger partial charge is 0.379 e. The van der Waals surface area contributed by atoms with Crippen molar-refractivity contribution in [1.82, 2.24) is 9.97 Å². The maximum absolute atomic E-state index is 4.60. The molecule has 0 unspecified atom stereocenters. The molecule has 0 saturated heterocycles. The van der Waals surface area contributed by atoms with Gasteiger partial charge in [0, 0.05) is 5.69 Å². The Balaban J connectivity index is 1.72. The second-order valence-electron chi connectivity index (χ2n) is 4.75. The summed E-state index contributed by atoms with van der Waals surface area (Å²) in [5.74, 6) is 0. The van der Waals surface area contributed by atoms with Crippen molar-refractivity contribution in [2.75, 3.05) is 5.32 Å². The first-order valence-electron chi connectivity index (χ1n) is 6.88. The van der Waals surface area contributed by atoms with Gasteiger partial charge in [-0.3, -0.25) is 4.98 Å². The fourth-order valence-corrected chi connectivity index (χ4v) is 2.13. The van der Waals surface area contributed by atoms with E-state index in [1.165, 1.54) is 5.56 Å². The first-order valence-corrected chi connectivity index (χ1v) is 6.88. The van der Waals surface area contributed by atoms with E-state index in [4.69, 9.17) is 0 Å². The molecule has 2 aromatic carbocycles. The van der Waals surface area contributed by atoms with Gasteiger partial charge < -0.3 is 5.32 Å². The van der Waals surface area contributed by atoms with Crippen LogP contribution in [-0.4, -0.2) is 9.97 Å². The molecule has 0 atom stereocenters. The Morgan fingerprint density at radius 2 is 1.70 bits per heavy atom. The molecule has 0 fully saturated rings. The van der Waals surface area contributed by atoms with Gasteiger partial charge in [0.1, 0.15) is 0 Å². The average molecular weight is 263 g/mol. The number of fused-ring (bicyclic) bond motifs is 1. The van der Waals surface area contributed by atoms with Crippen LogP contribution in [0.4, 0.5) is 5.69 Å². The lowest BCUT2D eigenvalue weighted by molar-refractivity contribution is 1.04. The molecule has 3 rings (SSSR count). The van der Waals surface area contributed by atoms with Gasteiger partial charge in [-0.25, -0.2) is 4.98 Å². The van der Waals surface area contributed by atoms with Gasteiger partial charge in [-0.05, 0) is 36.2 Å². The van der Waals surface area contributed by atoms with Crippen molar-refractivity contribution in [1.29, 1.82) is 0 Å². The summed E-state index contributed by atoms with van der Waals surface area (Å²) < 4.78 is 0. The molecule has 3 aromatic rings. The third-order valence-electron chi connectivity index (χ3n) is 3.33. The quantitative estimate of drug-likeness (QED) is 0.778. The van der Waals surface area contributed by atoms with Crippen molar-refractivity contribution in [3.63, 3.8) is 0 Å². The molecule has 1 heterocycles. The van der Waals surface area contributed by atoms with Crippen LogP contribution in [0.1, 0.15) is 18.2 Å². The third-order valence-corrected chi connectivity index (χ3v) is 3.33. The van der Waals surface area contributed by atoms with Crippen LogP contribution in [0.15, 0.2) is 54.7 Å². The van der Waals surface area contributed by atoms with Gasteiger partial charge in [0.25, 0.3) is 0 Å². The number of aromatic nitrogens is 2. The Hall–Kier alpha value is -2.42. The van der Waals surface area contributed by atoms with Crippen molar-refractivity contribution >= 4 is 16.7 Å². The van der Waals surface area contributed by atoms with E-state index in [0.717, 1.165) is 28.8 Å². The van der Waals surface area contributed by atoms with Gasteiger partial charge in [-0.15, -0.1) is 0 Å². The summed E-state index contributed by atoms with van der Waals surface area (Å²) in [7, 11) is 0. The summed E-state index contributed by atoms with van der Waals surface area (Å²) in [4.78, 5) is 9.02. The van der Waals surface area contributed by atoms with E-state index in [2.05, 4.69) is 46.5 Å². The van der Waals surface area contributed by atoms with Gasteiger partial charge in [0.15, 0.2) is 0 Å². The maximum atomic E-state index is 4.60. The Kier molecular flexibility index (Phi) is 3.59. The summed E-state index contributed by atoms with van der Waals surface area (Å²) in [6.45, 7) is 2.84. The van der Waals surface area contributed by atoms with E-state index in [1.54, 1.807) is 0 Å². The number of hydrogen-bond donors (Lipinski definition) is 1. The van der Waals surface area contributed by atoms with Gasteiger partial charge >= 0.3 is 0 Å². The van der Waals surface area contributed by atoms with E-state index in [-0.39, 0.29) is 0 Å². The molecule has 0 amide bonds. The normalized spacial score (nSPS) is 10.7. The van der Waals surface area contributed by atoms with Crippen LogP contribution in [0.5, 0.6) is 0 Å². The van der Waals surface area contributed by atoms with Crippen LogP contribution in [0.25, 0.3) is 11.0 Å². The van der Waals surface area contributed by atoms with Crippen molar-refractivity contribution in [2.24, 2.45) is 0 Å². The Morgan fingerprint density at radius 1 is 0.950 bits per heavy atom. The maximum Gasteiger partial charge on any atom is 0.0890 e. The standard InChI is InChI=1S/C17H17N3/c1-2-13-7-9-14(10-8-13)18-11-15-12-19-16-5-3-4-6-17(16)20-15/h3-10,12,18H,2,11H2,1H3.